The largest absolute Gasteiger partial charge is 0.332 e. The number of rotatable bonds is 7. The fraction of sp³-hybridized carbons (Fsp3) is 0.154. The van der Waals surface area contributed by atoms with Crippen LogP contribution in [0.4, 0.5) is 4.39 Å². The van der Waals surface area contributed by atoms with E-state index in [1.54, 1.807) is 29.4 Å². The molecule has 0 fully saturated rings. The van der Waals surface area contributed by atoms with Crippen molar-refractivity contribution >= 4 is 5.91 Å². The van der Waals surface area contributed by atoms with Crippen molar-refractivity contribution in [1.82, 2.24) is 19.9 Å². The first-order chi connectivity index (χ1) is 15.6. The molecule has 6 heteroatoms. The molecule has 2 aromatic carbocycles. The zero-order valence-corrected chi connectivity index (χ0v) is 17.8. The van der Waals surface area contributed by atoms with Gasteiger partial charge in [-0.2, -0.15) is 0 Å². The van der Waals surface area contributed by atoms with Crippen LogP contribution in [0.3, 0.4) is 0 Å². The quantitative estimate of drug-likeness (QED) is 0.428. The van der Waals surface area contributed by atoms with Gasteiger partial charge in [0.05, 0.1) is 24.4 Å². The highest BCUT2D eigenvalue weighted by molar-refractivity contribution is 5.79. The third-order valence-electron chi connectivity index (χ3n) is 5.11. The SMILES string of the molecule is Cc1ncc(-c2ccccn2)c(CN(Cc2ccccc2)C(=O)Cc2ccc(F)cc2)n1. The van der Waals surface area contributed by atoms with Gasteiger partial charge in [0, 0.05) is 24.5 Å². The highest BCUT2D eigenvalue weighted by Crippen LogP contribution is 2.22. The Kier molecular flexibility index (Phi) is 6.60. The zero-order valence-electron chi connectivity index (χ0n) is 17.8. The molecule has 0 aliphatic heterocycles. The minimum absolute atomic E-state index is 0.0660. The highest BCUT2D eigenvalue weighted by Gasteiger charge is 2.19. The maximum Gasteiger partial charge on any atom is 0.227 e. The van der Waals surface area contributed by atoms with Crippen molar-refractivity contribution in [2.24, 2.45) is 0 Å². The number of carbonyl (C=O) groups excluding carboxylic acids is 1. The Morgan fingerprint density at radius 2 is 1.62 bits per heavy atom. The molecule has 160 valence electrons. The van der Waals surface area contributed by atoms with E-state index in [2.05, 4.69) is 15.0 Å². The lowest BCUT2D eigenvalue weighted by Gasteiger charge is -2.24. The van der Waals surface area contributed by atoms with Crippen molar-refractivity contribution in [3.05, 3.63) is 114 Å². The van der Waals surface area contributed by atoms with Crippen molar-refractivity contribution in [3.63, 3.8) is 0 Å². The molecule has 0 atom stereocenters. The minimum atomic E-state index is -0.321. The summed E-state index contributed by atoms with van der Waals surface area (Å²) in [5, 5.41) is 0. The molecular formula is C26H23FN4O. The molecule has 0 aliphatic rings. The van der Waals surface area contributed by atoms with E-state index >= 15 is 0 Å². The van der Waals surface area contributed by atoms with Gasteiger partial charge < -0.3 is 4.90 Å². The van der Waals surface area contributed by atoms with Gasteiger partial charge >= 0.3 is 0 Å². The van der Waals surface area contributed by atoms with Gasteiger partial charge in [0.1, 0.15) is 11.6 Å². The molecule has 0 aliphatic carbocycles. The molecule has 0 N–H and O–H groups in total. The second-order valence-corrected chi connectivity index (χ2v) is 7.53. The van der Waals surface area contributed by atoms with Gasteiger partial charge in [0.25, 0.3) is 0 Å². The monoisotopic (exact) mass is 426 g/mol. The topological polar surface area (TPSA) is 59.0 Å². The number of carbonyl (C=O) groups is 1. The van der Waals surface area contributed by atoms with Gasteiger partial charge in [-0.3, -0.25) is 9.78 Å². The van der Waals surface area contributed by atoms with Crippen molar-refractivity contribution in [1.29, 1.82) is 0 Å². The molecule has 0 bridgehead atoms. The van der Waals surface area contributed by atoms with Gasteiger partial charge in [-0.25, -0.2) is 14.4 Å². The lowest BCUT2D eigenvalue weighted by atomic mass is 10.1. The van der Waals surface area contributed by atoms with E-state index in [0.717, 1.165) is 28.1 Å². The third-order valence-corrected chi connectivity index (χ3v) is 5.11. The van der Waals surface area contributed by atoms with Gasteiger partial charge in [0.2, 0.25) is 5.91 Å². The average Bonchev–Trinajstić information content (AvgIpc) is 2.81. The van der Waals surface area contributed by atoms with E-state index in [9.17, 15) is 9.18 Å². The summed E-state index contributed by atoms with van der Waals surface area (Å²) in [6.45, 7) is 2.57. The van der Waals surface area contributed by atoms with Gasteiger partial charge in [-0.1, -0.05) is 48.5 Å². The summed E-state index contributed by atoms with van der Waals surface area (Å²) in [4.78, 5) is 28.5. The lowest BCUT2D eigenvalue weighted by molar-refractivity contribution is -0.131. The van der Waals surface area contributed by atoms with Crippen LogP contribution in [0.15, 0.2) is 85.2 Å². The zero-order chi connectivity index (χ0) is 22.3. The van der Waals surface area contributed by atoms with E-state index < -0.39 is 0 Å². The first-order valence-electron chi connectivity index (χ1n) is 10.4. The number of aromatic nitrogens is 3. The first-order valence-corrected chi connectivity index (χ1v) is 10.4. The Morgan fingerprint density at radius 1 is 0.875 bits per heavy atom. The smallest absolute Gasteiger partial charge is 0.227 e. The van der Waals surface area contributed by atoms with Crippen LogP contribution in [0.1, 0.15) is 22.6 Å². The predicted octanol–water partition coefficient (Wildman–Crippen LogP) is 4.76. The molecule has 5 nitrogen and oxygen atoms in total. The Balaban J connectivity index is 1.65. The number of nitrogens with zero attached hydrogens (tertiary/aromatic N) is 4. The fourth-order valence-electron chi connectivity index (χ4n) is 3.48. The number of amides is 1. The summed E-state index contributed by atoms with van der Waals surface area (Å²) in [6, 6.07) is 21.5. The highest BCUT2D eigenvalue weighted by atomic mass is 19.1. The molecule has 0 saturated heterocycles. The van der Waals surface area contributed by atoms with Gasteiger partial charge in [-0.05, 0) is 42.3 Å². The fourth-order valence-corrected chi connectivity index (χ4v) is 3.48. The Labute approximate surface area is 186 Å². The van der Waals surface area contributed by atoms with Crippen LogP contribution in [0.2, 0.25) is 0 Å². The number of pyridine rings is 1. The number of benzene rings is 2. The maximum atomic E-state index is 13.3. The molecule has 1 amide bonds. The summed E-state index contributed by atoms with van der Waals surface area (Å²) in [6.07, 6.45) is 3.65. The van der Waals surface area contributed by atoms with Crippen LogP contribution >= 0.6 is 0 Å². The molecule has 2 aromatic heterocycles. The molecule has 2 heterocycles. The molecule has 32 heavy (non-hydrogen) atoms. The van der Waals surface area contributed by atoms with E-state index in [0.29, 0.717) is 18.9 Å². The van der Waals surface area contributed by atoms with E-state index in [1.807, 2.05) is 55.5 Å². The Bertz CT molecular complexity index is 1180. The van der Waals surface area contributed by atoms with Crippen LogP contribution in [0.25, 0.3) is 11.3 Å². The second-order valence-electron chi connectivity index (χ2n) is 7.53. The summed E-state index contributed by atoms with van der Waals surface area (Å²) < 4.78 is 13.3. The summed E-state index contributed by atoms with van der Waals surface area (Å²) in [7, 11) is 0. The number of hydrogen-bond acceptors (Lipinski definition) is 4. The van der Waals surface area contributed by atoms with Crippen molar-refractivity contribution in [2.75, 3.05) is 0 Å². The van der Waals surface area contributed by atoms with Crippen LogP contribution in [-0.4, -0.2) is 25.8 Å². The summed E-state index contributed by atoms with van der Waals surface area (Å²) in [5.74, 6) is 0.243. The molecule has 0 spiro atoms. The molecule has 4 aromatic rings. The number of halogens is 1. The Hall–Kier alpha value is -3.93. The van der Waals surface area contributed by atoms with Crippen LogP contribution in [0.5, 0.6) is 0 Å². The molecule has 0 saturated carbocycles. The maximum absolute atomic E-state index is 13.3. The van der Waals surface area contributed by atoms with Crippen molar-refractivity contribution in [2.45, 2.75) is 26.4 Å². The molecule has 0 radical (unpaired) electrons. The Morgan fingerprint density at radius 3 is 2.34 bits per heavy atom. The molecule has 0 unspecified atom stereocenters. The average molecular weight is 426 g/mol. The summed E-state index contributed by atoms with van der Waals surface area (Å²) >= 11 is 0. The number of hydrogen-bond donors (Lipinski definition) is 0. The predicted molar refractivity (Wildman–Crippen MR) is 121 cm³/mol. The normalized spacial score (nSPS) is 10.7. The minimum Gasteiger partial charge on any atom is -0.332 e. The standard InChI is InChI=1S/C26H23FN4O/c1-19-29-16-23(24-9-5-6-14-28-24)25(30-19)18-31(17-21-7-3-2-4-8-21)26(32)15-20-10-12-22(27)13-11-20/h2-14,16H,15,17-18H2,1H3. The molecular weight excluding hydrogens is 403 g/mol. The molecule has 4 rings (SSSR count). The van der Waals surface area contributed by atoms with Crippen LogP contribution in [-0.2, 0) is 24.3 Å². The van der Waals surface area contributed by atoms with Crippen molar-refractivity contribution in [3.8, 4) is 11.3 Å². The van der Waals surface area contributed by atoms with Crippen LogP contribution in [0, 0.1) is 12.7 Å². The second kappa shape index (κ2) is 9.92. The third kappa shape index (κ3) is 5.40. The lowest BCUT2D eigenvalue weighted by Crippen LogP contribution is -2.32. The van der Waals surface area contributed by atoms with E-state index in [-0.39, 0.29) is 18.1 Å². The van der Waals surface area contributed by atoms with Gasteiger partial charge in [-0.15, -0.1) is 0 Å². The van der Waals surface area contributed by atoms with E-state index in [1.165, 1.54) is 12.1 Å². The van der Waals surface area contributed by atoms with E-state index in [4.69, 9.17) is 0 Å². The first kappa shape index (κ1) is 21.3. The summed E-state index contributed by atoms with van der Waals surface area (Å²) in [5.41, 5.74) is 4.07. The van der Waals surface area contributed by atoms with Gasteiger partial charge in [0.15, 0.2) is 0 Å². The van der Waals surface area contributed by atoms with Crippen molar-refractivity contribution < 1.29 is 9.18 Å². The number of aryl methyl sites for hydroxylation is 1. The van der Waals surface area contributed by atoms with Crippen LogP contribution < -0.4 is 0 Å².